The summed E-state index contributed by atoms with van der Waals surface area (Å²) in [5.74, 6) is -0.820. The summed E-state index contributed by atoms with van der Waals surface area (Å²) < 4.78 is 13.0. The van der Waals surface area contributed by atoms with Crippen LogP contribution in [-0.2, 0) is 0 Å². The first-order valence-corrected chi connectivity index (χ1v) is 5.03. The van der Waals surface area contributed by atoms with E-state index in [-0.39, 0.29) is 5.75 Å². The quantitative estimate of drug-likeness (QED) is 0.819. The maximum absolute atomic E-state index is 13.0. The number of nitrogens with zero attached hydrogens (tertiary/aromatic N) is 1. The molecule has 0 bridgehead atoms. The van der Waals surface area contributed by atoms with Gasteiger partial charge < -0.3 is 5.11 Å². The lowest BCUT2D eigenvalue weighted by molar-refractivity contribution is 0.470. The lowest BCUT2D eigenvalue weighted by atomic mass is 10.1. The van der Waals surface area contributed by atoms with E-state index in [1.165, 1.54) is 18.3 Å². The van der Waals surface area contributed by atoms with Crippen LogP contribution in [0, 0.1) is 12.7 Å². The average Bonchev–Trinajstić information content (AvgIpc) is 2.43. The monoisotopic (exact) mass is 231 g/mol. The highest BCUT2D eigenvalue weighted by molar-refractivity contribution is 5.63. The Kier molecular flexibility index (Phi) is 2.87. The molecule has 0 atom stereocenters. The van der Waals surface area contributed by atoms with Crippen molar-refractivity contribution in [1.29, 1.82) is 0 Å². The molecule has 0 radical (unpaired) electrons. The number of hydrogen-bond acceptors (Lipinski definition) is 3. The van der Waals surface area contributed by atoms with Gasteiger partial charge in [0.05, 0.1) is 6.20 Å². The number of aryl methyl sites for hydroxylation is 1. The predicted octanol–water partition coefficient (Wildman–Crippen LogP) is 2.26. The van der Waals surface area contributed by atoms with Gasteiger partial charge in [0.15, 0.2) is 5.75 Å². The van der Waals surface area contributed by atoms with E-state index in [9.17, 15) is 14.3 Å². The minimum atomic E-state index is -0.465. The van der Waals surface area contributed by atoms with Crippen molar-refractivity contribution in [3.8, 4) is 16.9 Å². The van der Waals surface area contributed by atoms with E-state index in [1.807, 2.05) is 0 Å². The summed E-state index contributed by atoms with van der Waals surface area (Å²) in [5.41, 5.74) is 1.05. The largest absolute Gasteiger partial charge is 0.504 e. The summed E-state index contributed by atoms with van der Waals surface area (Å²) in [6.45, 7) is 1.61. The van der Waals surface area contributed by atoms with Crippen LogP contribution in [0.1, 0.15) is 5.56 Å². The highest BCUT2D eigenvalue weighted by atomic mass is 19.1. The molecule has 0 unspecified atom stereocenters. The maximum atomic E-state index is 13.0. The Morgan fingerprint density at radius 1 is 1.18 bits per heavy atom. The smallest absolute Gasteiger partial charge is 0.223 e. The standard InChI is InChI=1S/C13H10FNO2/c1-8-2-3-9(5-12(16)13(8)17)10-4-11(14)7-15-6-10/h2-7H,1H3,(H,16,17). The van der Waals surface area contributed by atoms with E-state index in [0.29, 0.717) is 16.7 Å². The van der Waals surface area contributed by atoms with Crippen LogP contribution in [0.25, 0.3) is 11.1 Å². The van der Waals surface area contributed by atoms with Crippen molar-refractivity contribution in [2.75, 3.05) is 0 Å². The van der Waals surface area contributed by atoms with Crippen molar-refractivity contribution in [3.63, 3.8) is 0 Å². The summed E-state index contributed by atoms with van der Waals surface area (Å²) in [4.78, 5) is 15.2. The van der Waals surface area contributed by atoms with Crippen LogP contribution in [0.15, 0.2) is 41.5 Å². The van der Waals surface area contributed by atoms with E-state index < -0.39 is 11.2 Å². The van der Waals surface area contributed by atoms with Crippen molar-refractivity contribution >= 4 is 0 Å². The Bertz CT molecular complexity index is 626. The minimum Gasteiger partial charge on any atom is -0.504 e. The van der Waals surface area contributed by atoms with E-state index in [0.717, 1.165) is 6.20 Å². The molecule has 0 aliphatic heterocycles. The Balaban J connectivity index is 2.66. The average molecular weight is 231 g/mol. The van der Waals surface area contributed by atoms with Gasteiger partial charge in [-0.25, -0.2) is 4.39 Å². The first kappa shape index (κ1) is 11.3. The van der Waals surface area contributed by atoms with Crippen molar-refractivity contribution in [2.45, 2.75) is 6.92 Å². The number of aromatic nitrogens is 1. The summed E-state index contributed by atoms with van der Waals surface area (Å²) in [7, 11) is 0. The van der Waals surface area contributed by atoms with Crippen LogP contribution in [-0.4, -0.2) is 10.1 Å². The highest BCUT2D eigenvalue weighted by Gasteiger charge is 2.04. The zero-order valence-electron chi connectivity index (χ0n) is 9.14. The normalized spacial score (nSPS) is 10.2. The molecule has 0 spiro atoms. The fourth-order valence-corrected chi connectivity index (χ4v) is 1.50. The molecular formula is C13H10FNO2. The molecule has 1 aromatic heterocycles. The lowest BCUT2D eigenvalue weighted by Gasteiger charge is -1.97. The molecule has 1 N–H and O–H groups in total. The zero-order valence-corrected chi connectivity index (χ0v) is 9.14. The minimum absolute atomic E-state index is 0.355. The molecule has 1 aromatic carbocycles. The molecule has 2 rings (SSSR count). The van der Waals surface area contributed by atoms with Gasteiger partial charge in [0, 0.05) is 17.3 Å². The summed E-state index contributed by atoms with van der Waals surface area (Å²) in [6, 6.07) is 5.84. The van der Waals surface area contributed by atoms with Gasteiger partial charge >= 0.3 is 0 Å². The van der Waals surface area contributed by atoms with Crippen LogP contribution in [0.3, 0.4) is 0 Å². The molecule has 2 aromatic rings. The SMILES string of the molecule is Cc1ccc(-c2cncc(F)c2)cc(O)c1=O. The van der Waals surface area contributed by atoms with Crippen molar-refractivity contribution in [1.82, 2.24) is 4.98 Å². The molecule has 3 nitrogen and oxygen atoms in total. The van der Waals surface area contributed by atoms with E-state index >= 15 is 0 Å². The number of rotatable bonds is 1. The van der Waals surface area contributed by atoms with Gasteiger partial charge in [0.25, 0.3) is 0 Å². The Morgan fingerprint density at radius 2 is 1.94 bits per heavy atom. The highest BCUT2D eigenvalue weighted by Crippen LogP contribution is 2.20. The van der Waals surface area contributed by atoms with Crippen molar-refractivity contribution < 1.29 is 9.50 Å². The lowest BCUT2D eigenvalue weighted by Crippen LogP contribution is -1.99. The van der Waals surface area contributed by atoms with Crippen molar-refractivity contribution in [2.24, 2.45) is 0 Å². The fourth-order valence-electron chi connectivity index (χ4n) is 1.50. The van der Waals surface area contributed by atoms with E-state index in [4.69, 9.17) is 0 Å². The molecule has 17 heavy (non-hydrogen) atoms. The molecule has 0 amide bonds. The van der Waals surface area contributed by atoms with Crippen LogP contribution < -0.4 is 5.43 Å². The Hall–Kier alpha value is -2.23. The van der Waals surface area contributed by atoms with Crippen molar-refractivity contribution in [3.05, 3.63) is 58.3 Å². The summed E-state index contributed by atoms with van der Waals surface area (Å²) in [6.07, 6.45) is 2.56. The third kappa shape index (κ3) is 2.30. The molecule has 0 saturated heterocycles. The van der Waals surface area contributed by atoms with Crippen LogP contribution >= 0.6 is 0 Å². The molecule has 0 aliphatic rings. The fraction of sp³-hybridized carbons (Fsp3) is 0.0769. The number of hydrogen-bond donors (Lipinski definition) is 1. The molecule has 0 aliphatic carbocycles. The van der Waals surface area contributed by atoms with Gasteiger partial charge in [0.2, 0.25) is 5.43 Å². The van der Waals surface area contributed by atoms with E-state index in [1.54, 1.807) is 19.1 Å². The molecular weight excluding hydrogens is 221 g/mol. The zero-order chi connectivity index (χ0) is 12.4. The van der Waals surface area contributed by atoms with Crippen LogP contribution in [0.5, 0.6) is 5.75 Å². The molecule has 0 fully saturated rings. The number of halogens is 1. The van der Waals surface area contributed by atoms with Gasteiger partial charge in [-0.05, 0) is 24.6 Å². The molecule has 4 heteroatoms. The van der Waals surface area contributed by atoms with Gasteiger partial charge in [-0.3, -0.25) is 9.78 Å². The second-order valence-corrected chi connectivity index (χ2v) is 3.72. The predicted molar refractivity (Wildman–Crippen MR) is 62.3 cm³/mol. The first-order chi connectivity index (χ1) is 8.08. The number of aromatic hydroxyl groups is 1. The first-order valence-electron chi connectivity index (χ1n) is 5.03. The Morgan fingerprint density at radius 3 is 2.65 bits per heavy atom. The summed E-state index contributed by atoms with van der Waals surface area (Å²) in [5, 5.41) is 9.54. The maximum Gasteiger partial charge on any atom is 0.223 e. The molecule has 86 valence electrons. The molecule has 0 saturated carbocycles. The number of pyridine rings is 1. The third-order valence-corrected chi connectivity index (χ3v) is 2.43. The van der Waals surface area contributed by atoms with E-state index in [2.05, 4.69) is 4.98 Å². The Labute approximate surface area is 97.2 Å². The van der Waals surface area contributed by atoms with Crippen LogP contribution in [0.2, 0.25) is 0 Å². The van der Waals surface area contributed by atoms with Gasteiger partial charge in [-0.1, -0.05) is 12.1 Å². The van der Waals surface area contributed by atoms with Gasteiger partial charge in [-0.15, -0.1) is 0 Å². The second kappa shape index (κ2) is 4.33. The van der Waals surface area contributed by atoms with Gasteiger partial charge in [-0.2, -0.15) is 0 Å². The van der Waals surface area contributed by atoms with Gasteiger partial charge in [0.1, 0.15) is 5.82 Å². The summed E-state index contributed by atoms with van der Waals surface area (Å²) >= 11 is 0. The van der Waals surface area contributed by atoms with Crippen LogP contribution in [0.4, 0.5) is 4.39 Å². The second-order valence-electron chi connectivity index (χ2n) is 3.72. The third-order valence-electron chi connectivity index (χ3n) is 2.43. The topological polar surface area (TPSA) is 50.2 Å². The molecule has 1 heterocycles.